The molecule has 0 unspecified atom stereocenters. The molecule has 2 nitrogen and oxygen atoms in total. The predicted molar refractivity (Wildman–Crippen MR) is 62.0 cm³/mol. The molecule has 0 saturated carbocycles. The van der Waals surface area contributed by atoms with Crippen LogP contribution in [0.1, 0.15) is 19.8 Å². The van der Waals surface area contributed by atoms with Crippen LogP contribution in [0.4, 0.5) is 0 Å². The van der Waals surface area contributed by atoms with E-state index in [4.69, 9.17) is 4.74 Å². The zero-order valence-electron chi connectivity index (χ0n) is 9.10. The van der Waals surface area contributed by atoms with E-state index in [9.17, 15) is 5.11 Å². The molecule has 1 aromatic carbocycles. The Morgan fingerprint density at radius 2 is 2.07 bits per heavy atom. The fraction of sp³-hybridized carbons (Fsp3) is 0.385. The SMILES string of the molecule is C/C=C/[C@@H](O)CCCOc1ccccc1. The van der Waals surface area contributed by atoms with Crippen LogP contribution >= 0.6 is 0 Å². The molecule has 0 saturated heterocycles. The van der Waals surface area contributed by atoms with Crippen molar-refractivity contribution in [2.75, 3.05) is 6.61 Å². The van der Waals surface area contributed by atoms with E-state index in [1.807, 2.05) is 43.3 Å². The van der Waals surface area contributed by atoms with Crippen molar-refractivity contribution in [3.63, 3.8) is 0 Å². The molecule has 0 spiro atoms. The molecule has 1 aromatic rings. The Bertz CT molecular complexity index is 280. The Balaban J connectivity index is 2.12. The van der Waals surface area contributed by atoms with Gasteiger partial charge in [0.1, 0.15) is 5.75 Å². The number of aliphatic hydroxyl groups is 1. The van der Waals surface area contributed by atoms with Crippen LogP contribution in [0.25, 0.3) is 0 Å². The molecule has 0 aliphatic heterocycles. The van der Waals surface area contributed by atoms with Gasteiger partial charge in [-0.1, -0.05) is 30.4 Å². The van der Waals surface area contributed by atoms with Gasteiger partial charge < -0.3 is 9.84 Å². The third kappa shape index (κ3) is 5.23. The summed E-state index contributed by atoms with van der Waals surface area (Å²) >= 11 is 0. The lowest BCUT2D eigenvalue weighted by Crippen LogP contribution is -2.05. The molecule has 0 aliphatic rings. The van der Waals surface area contributed by atoms with Crippen LogP contribution in [0.15, 0.2) is 42.5 Å². The van der Waals surface area contributed by atoms with Crippen molar-refractivity contribution in [1.29, 1.82) is 0 Å². The predicted octanol–water partition coefficient (Wildman–Crippen LogP) is 2.78. The molecule has 0 heterocycles. The van der Waals surface area contributed by atoms with Gasteiger partial charge in [0.2, 0.25) is 0 Å². The lowest BCUT2D eigenvalue weighted by molar-refractivity contribution is 0.195. The van der Waals surface area contributed by atoms with Crippen LogP contribution in [-0.4, -0.2) is 17.8 Å². The number of allylic oxidation sites excluding steroid dienone is 1. The molecule has 0 aromatic heterocycles. The van der Waals surface area contributed by atoms with E-state index in [0.717, 1.165) is 18.6 Å². The molecule has 1 rings (SSSR count). The molecule has 1 N–H and O–H groups in total. The number of hydrogen-bond acceptors (Lipinski definition) is 2. The van der Waals surface area contributed by atoms with Gasteiger partial charge in [0.05, 0.1) is 12.7 Å². The Hall–Kier alpha value is -1.28. The topological polar surface area (TPSA) is 29.5 Å². The molecule has 15 heavy (non-hydrogen) atoms. The van der Waals surface area contributed by atoms with E-state index >= 15 is 0 Å². The minimum Gasteiger partial charge on any atom is -0.494 e. The van der Waals surface area contributed by atoms with Gasteiger partial charge in [0.15, 0.2) is 0 Å². The quantitative estimate of drug-likeness (QED) is 0.573. The van der Waals surface area contributed by atoms with Gasteiger partial charge in [-0.25, -0.2) is 0 Å². The second kappa shape index (κ2) is 7.07. The lowest BCUT2D eigenvalue weighted by atomic mass is 10.2. The van der Waals surface area contributed by atoms with E-state index in [-0.39, 0.29) is 6.10 Å². The van der Waals surface area contributed by atoms with Crippen molar-refractivity contribution < 1.29 is 9.84 Å². The minimum absolute atomic E-state index is 0.339. The fourth-order valence-corrected chi connectivity index (χ4v) is 1.32. The molecule has 0 amide bonds. The average molecular weight is 206 g/mol. The van der Waals surface area contributed by atoms with Crippen molar-refractivity contribution in [1.82, 2.24) is 0 Å². The number of para-hydroxylation sites is 1. The van der Waals surface area contributed by atoms with E-state index in [1.54, 1.807) is 6.08 Å². The van der Waals surface area contributed by atoms with E-state index in [2.05, 4.69) is 0 Å². The summed E-state index contributed by atoms with van der Waals surface area (Å²) in [6, 6.07) is 9.72. The molecular weight excluding hydrogens is 188 g/mol. The summed E-state index contributed by atoms with van der Waals surface area (Å²) in [6.45, 7) is 2.56. The third-order valence-corrected chi connectivity index (χ3v) is 2.07. The molecule has 0 fully saturated rings. The van der Waals surface area contributed by atoms with E-state index in [0.29, 0.717) is 6.61 Å². The van der Waals surface area contributed by atoms with Crippen molar-refractivity contribution in [3.8, 4) is 5.75 Å². The average Bonchev–Trinajstić information content (AvgIpc) is 2.26. The summed E-state index contributed by atoms with van der Waals surface area (Å²) in [5.41, 5.74) is 0. The highest BCUT2D eigenvalue weighted by Gasteiger charge is 1.98. The monoisotopic (exact) mass is 206 g/mol. The first-order valence-electron chi connectivity index (χ1n) is 5.31. The van der Waals surface area contributed by atoms with Gasteiger partial charge in [0.25, 0.3) is 0 Å². The number of benzene rings is 1. The van der Waals surface area contributed by atoms with Gasteiger partial charge in [-0.2, -0.15) is 0 Å². The van der Waals surface area contributed by atoms with E-state index < -0.39 is 0 Å². The molecule has 0 bridgehead atoms. The highest BCUT2D eigenvalue weighted by molar-refractivity contribution is 5.20. The summed E-state index contributed by atoms with van der Waals surface area (Å²) in [5, 5.41) is 9.40. The van der Waals surface area contributed by atoms with Crippen molar-refractivity contribution in [2.45, 2.75) is 25.9 Å². The van der Waals surface area contributed by atoms with Crippen LogP contribution in [0, 0.1) is 0 Å². The normalized spacial score (nSPS) is 12.9. The Morgan fingerprint density at radius 3 is 2.73 bits per heavy atom. The van der Waals surface area contributed by atoms with Gasteiger partial charge >= 0.3 is 0 Å². The Labute approximate surface area is 91.2 Å². The molecule has 0 radical (unpaired) electrons. The maximum atomic E-state index is 9.40. The zero-order chi connectivity index (χ0) is 10.9. The first kappa shape index (κ1) is 11.8. The second-order valence-electron chi connectivity index (χ2n) is 3.40. The van der Waals surface area contributed by atoms with Crippen LogP contribution in [-0.2, 0) is 0 Å². The summed E-state index contributed by atoms with van der Waals surface area (Å²) in [6.07, 6.45) is 4.93. The van der Waals surface area contributed by atoms with Gasteiger partial charge in [0, 0.05) is 0 Å². The molecule has 0 aliphatic carbocycles. The van der Waals surface area contributed by atoms with Gasteiger partial charge in [-0.15, -0.1) is 0 Å². The number of ether oxygens (including phenoxy) is 1. The van der Waals surface area contributed by atoms with E-state index in [1.165, 1.54) is 0 Å². The number of rotatable bonds is 6. The maximum Gasteiger partial charge on any atom is 0.119 e. The van der Waals surface area contributed by atoms with Crippen LogP contribution in [0.5, 0.6) is 5.75 Å². The smallest absolute Gasteiger partial charge is 0.119 e. The van der Waals surface area contributed by atoms with Gasteiger partial charge in [-0.05, 0) is 31.9 Å². The Morgan fingerprint density at radius 1 is 1.33 bits per heavy atom. The number of hydrogen-bond donors (Lipinski definition) is 1. The summed E-state index contributed by atoms with van der Waals surface area (Å²) < 4.78 is 5.50. The molecule has 1 atom stereocenters. The lowest BCUT2D eigenvalue weighted by Gasteiger charge is -2.07. The van der Waals surface area contributed by atoms with Crippen LogP contribution in [0.2, 0.25) is 0 Å². The van der Waals surface area contributed by atoms with Crippen molar-refractivity contribution in [3.05, 3.63) is 42.5 Å². The van der Waals surface area contributed by atoms with Crippen molar-refractivity contribution >= 4 is 0 Å². The zero-order valence-corrected chi connectivity index (χ0v) is 9.10. The first-order chi connectivity index (χ1) is 7.33. The fourth-order valence-electron chi connectivity index (χ4n) is 1.32. The third-order valence-electron chi connectivity index (χ3n) is 2.07. The second-order valence-corrected chi connectivity index (χ2v) is 3.40. The highest BCUT2D eigenvalue weighted by Crippen LogP contribution is 2.09. The molecular formula is C13H18O2. The molecule has 2 heteroatoms. The van der Waals surface area contributed by atoms with Crippen molar-refractivity contribution in [2.24, 2.45) is 0 Å². The highest BCUT2D eigenvalue weighted by atomic mass is 16.5. The van der Waals surface area contributed by atoms with Gasteiger partial charge in [-0.3, -0.25) is 0 Å². The first-order valence-corrected chi connectivity index (χ1v) is 5.31. The van der Waals surface area contributed by atoms with Crippen LogP contribution in [0.3, 0.4) is 0 Å². The largest absolute Gasteiger partial charge is 0.494 e. The van der Waals surface area contributed by atoms with Crippen LogP contribution < -0.4 is 4.74 Å². The summed E-state index contributed by atoms with van der Waals surface area (Å²) in [5.74, 6) is 0.887. The maximum absolute atomic E-state index is 9.40. The summed E-state index contributed by atoms with van der Waals surface area (Å²) in [4.78, 5) is 0. The molecule has 82 valence electrons. The standard InChI is InChI=1S/C13H18O2/c1-2-7-12(14)8-6-11-15-13-9-4-3-5-10-13/h2-5,7,9-10,12,14H,6,8,11H2,1H3/b7-2+/t12-/m1/s1. The minimum atomic E-state index is -0.339. The Kier molecular flexibility index (Phi) is 5.56. The number of aliphatic hydroxyl groups excluding tert-OH is 1. The summed E-state index contributed by atoms with van der Waals surface area (Å²) in [7, 11) is 0.